The summed E-state index contributed by atoms with van der Waals surface area (Å²) in [6.45, 7) is 9.76. The van der Waals surface area contributed by atoms with E-state index in [4.69, 9.17) is 4.74 Å². The van der Waals surface area contributed by atoms with Gasteiger partial charge in [0, 0.05) is 6.54 Å². The summed E-state index contributed by atoms with van der Waals surface area (Å²) in [5.41, 5.74) is 0.856. The number of ether oxygens (including phenoxy) is 1. The summed E-state index contributed by atoms with van der Waals surface area (Å²) < 4.78 is 5.19. The standard InChI is InChI=1S/C20H31N3O4/c1-6-21-18(24)16(13(2)3)22-19(25)17(14(4)5)23-20(26)27-12-15-10-8-7-9-11-15/h7-11,13-14,16-17H,6,12H2,1-5H3,(H,21,24)(H,22,25)(H,23,26). The second-order valence-corrected chi connectivity index (χ2v) is 7.05. The fourth-order valence-electron chi connectivity index (χ4n) is 2.49. The number of carbonyl (C=O) groups excluding carboxylic acids is 3. The molecule has 2 atom stereocenters. The van der Waals surface area contributed by atoms with Gasteiger partial charge in [0.2, 0.25) is 11.8 Å². The molecule has 2 unspecified atom stereocenters. The first kappa shape index (κ1) is 22.5. The normalized spacial score (nSPS) is 13.0. The van der Waals surface area contributed by atoms with Crippen LogP contribution in [0.5, 0.6) is 0 Å². The Balaban J connectivity index is 2.68. The van der Waals surface area contributed by atoms with Gasteiger partial charge in [-0.05, 0) is 24.3 Å². The second-order valence-electron chi connectivity index (χ2n) is 7.05. The Labute approximate surface area is 161 Å². The van der Waals surface area contributed by atoms with Crippen molar-refractivity contribution in [3.8, 4) is 0 Å². The van der Waals surface area contributed by atoms with E-state index in [0.717, 1.165) is 5.56 Å². The van der Waals surface area contributed by atoms with Gasteiger partial charge in [-0.2, -0.15) is 0 Å². The molecule has 0 aliphatic rings. The lowest BCUT2D eigenvalue weighted by molar-refractivity contribution is -0.131. The zero-order valence-electron chi connectivity index (χ0n) is 16.7. The lowest BCUT2D eigenvalue weighted by Gasteiger charge is -2.26. The maximum atomic E-state index is 12.7. The monoisotopic (exact) mass is 377 g/mol. The molecule has 3 amide bonds. The van der Waals surface area contributed by atoms with E-state index in [9.17, 15) is 14.4 Å². The molecule has 150 valence electrons. The first-order valence-electron chi connectivity index (χ1n) is 9.31. The highest BCUT2D eigenvalue weighted by Crippen LogP contribution is 2.08. The van der Waals surface area contributed by atoms with Crippen molar-refractivity contribution in [3.05, 3.63) is 35.9 Å². The number of hydrogen-bond acceptors (Lipinski definition) is 4. The molecule has 1 aromatic rings. The zero-order chi connectivity index (χ0) is 20.4. The van der Waals surface area contributed by atoms with Crippen molar-refractivity contribution >= 4 is 17.9 Å². The molecule has 7 heteroatoms. The van der Waals surface area contributed by atoms with E-state index in [1.54, 1.807) is 0 Å². The van der Waals surface area contributed by atoms with Gasteiger partial charge in [0.15, 0.2) is 0 Å². The zero-order valence-corrected chi connectivity index (χ0v) is 16.7. The van der Waals surface area contributed by atoms with Crippen LogP contribution in [-0.4, -0.2) is 36.5 Å². The summed E-state index contributed by atoms with van der Waals surface area (Å²) >= 11 is 0. The van der Waals surface area contributed by atoms with E-state index in [2.05, 4.69) is 16.0 Å². The molecule has 0 saturated carbocycles. The van der Waals surface area contributed by atoms with E-state index in [-0.39, 0.29) is 24.3 Å². The van der Waals surface area contributed by atoms with Crippen molar-refractivity contribution in [2.45, 2.75) is 53.3 Å². The number of hydrogen-bond donors (Lipinski definition) is 3. The molecule has 0 spiro atoms. The van der Waals surface area contributed by atoms with Crippen LogP contribution in [0.4, 0.5) is 4.79 Å². The van der Waals surface area contributed by atoms with E-state index in [0.29, 0.717) is 6.54 Å². The van der Waals surface area contributed by atoms with Crippen LogP contribution in [0.1, 0.15) is 40.2 Å². The first-order chi connectivity index (χ1) is 12.8. The van der Waals surface area contributed by atoms with Crippen molar-refractivity contribution in [1.29, 1.82) is 0 Å². The maximum absolute atomic E-state index is 12.7. The van der Waals surface area contributed by atoms with E-state index in [1.165, 1.54) is 0 Å². The average molecular weight is 377 g/mol. The van der Waals surface area contributed by atoms with Crippen LogP contribution in [0.2, 0.25) is 0 Å². The minimum Gasteiger partial charge on any atom is -0.445 e. The molecule has 3 N–H and O–H groups in total. The van der Waals surface area contributed by atoms with Crippen LogP contribution in [-0.2, 0) is 20.9 Å². The Morgan fingerprint density at radius 2 is 1.44 bits per heavy atom. The Hall–Kier alpha value is -2.57. The van der Waals surface area contributed by atoms with Gasteiger partial charge < -0.3 is 20.7 Å². The number of likely N-dealkylation sites (N-methyl/N-ethyl adjacent to an activating group) is 1. The summed E-state index contributed by atoms with van der Waals surface area (Å²) in [5.74, 6) is -0.906. The summed E-state index contributed by atoms with van der Waals surface area (Å²) in [7, 11) is 0. The van der Waals surface area contributed by atoms with Gasteiger partial charge in [-0.25, -0.2) is 4.79 Å². The highest BCUT2D eigenvalue weighted by atomic mass is 16.5. The molecule has 0 aliphatic carbocycles. The Bertz CT molecular complexity index is 617. The predicted molar refractivity (Wildman–Crippen MR) is 104 cm³/mol. The average Bonchev–Trinajstić information content (AvgIpc) is 2.62. The summed E-state index contributed by atoms with van der Waals surface area (Å²) in [6, 6.07) is 7.81. The second kappa shape index (κ2) is 11.2. The SMILES string of the molecule is CCNC(=O)C(NC(=O)C(NC(=O)OCc1ccccc1)C(C)C)C(C)C. The molecule has 0 heterocycles. The van der Waals surface area contributed by atoms with E-state index < -0.39 is 24.1 Å². The lowest BCUT2D eigenvalue weighted by atomic mass is 10.00. The third-order valence-electron chi connectivity index (χ3n) is 4.03. The first-order valence-corrected chi connectivity index (χ1v) is 9.31. The molecule has 1 aromatic carbocycles. The smallest absolute Gasteiger partial charge is 0.408 e. The van der Waals surface area contributed by atoms with Crippen LogP contribution >= 0.6 is 0 Å². The quantitative estimate of drug-likeness (QED) is 0.615. The highest BCUT2D eigenvalue weighted by molar-refractivity contribution is 5.91. The number of benzene rings is 1. The van der Waals surface area contributed by atoms with Crippen molar-refractivity contribution in [1.82, 2.24) is 16.0 Å². The maximum Gasteiger partial charge on any atom is 0.408 e. The minimum atomic E-state index is -0.802. The molecule has 0 aromatic heterocycles. The number of alkyl carbamates (subject to hydrolysis) is 1. The van der Waals surface area contributed by atoms with Gasteiger partial charge in [-0.15, -0.1) is 0 Å². The fraction of sp³-hybridized carbons (Fsp3) is 0.550. The third-order valence-corrected chi connectivity index (χ3v) is 4.03. The Morgan fingerprint density at radius 1 is 0.889 bits per heavy atom. The molecule has 1 rings (SSSR count). The third kappa shape index (κ3) is 7.68. The van der Waals surface area contributed by atoms with Crippen molar-refractivity contribution in [2.75, 3.05) is 6.54 Å². The lowest BCUT2D eigenvalue weighted by Crippen LogP contribution is -2.56. The van der Waals surface area contributed by atoms with Crippen LogP contribution in [0, 0.1) is 11.8 Å². The van der Waals surface area contributed by atoms with Crippen LogP contribution < -0.4 is 16.0 Å². The van der Waals surface area contributed by atoms with Gasteiger partial charge in [0.05, 0.1) is 0 Å². The highest BCUT2D eigenvalue weighted by Gasteiger charge is 2.30. The Morgan fingerprint density at radius 3 is 1.96 bits per heavy atom. The molecular weight excluding hydrogens is 346 g/mol. The van der Waals surface area contributed by atoms with Crippen molar-refractivity contribution in [2.24, 2.45) is 11.8 Å². The molecule has 27 heavy (non-hydrogen) atoms. The van der Waals surface area contributed by atoms with Crippen LogP contribution in [0.3, 0.4) is 0 Å². The largest absolute Gasteiger partial charge is 0.445 e. The summed E-state index contributed by atoms with van der Waals surface area (Å²) in [5, 5.41) is 8.05. The number of carbonyl (C=O) groups is 3. The number of rotatable bonds is 9. The van der Waals surface area contributed by atoms with Crippen molar-refractivity contribution < 1.29 is 19.1 Å². The van der Waals surface area contributed by atoms with Gasteiger partial charge in [-0.1, -0.05) is 58.0 Å². The Kier molecular flexibility index (Phi) is 9.33. The van der Waals surface area contributed by atoms with E-state index >= 15 is 0 Å². The minimum absolute atomic E-state index is 0.0849. The van der Waals surface area contributed by atoms with E-state index in [1.807, 2.05) is 65.0 Å². The molecular formula is C20H31N3O4. The van der Waals surface area contributed by atoms with Gasteiger partial charge in [0.25, 0.3) is 0 Å². The molecule has 0 bridgehead atoms. The summed E-state index contributed by atoms with van der Waals surface area (Å²) in [6.07, 6.45) is -0.674. The van der Waals surface area contributed by atoms with Gasteiger partial charge in [-0.3, -0.25) is 9.59 Å². The number of amides is 3. The molecule has 0 radical (unpaired) electrons. The number of nitrogens with one attached hydrogen (secondary N) is 3. The van der Waals surface area contributed by atoms with Crippen molar-refractivity contribution in [3.63, 3.8) is 0 Å². The van der Waals surface area contributed by atoms with Gasteiger partial charge in [0.1, 0.15) is 18.7 Å². The summed E-state index contributed by atoms with van der Waals surface area (Å²) in [4.78, 5) is 36.9. The topological polar surface area (TPSA) is 96.5 Å². The molecule has 7 nitrogen and oxygen atoms in total. The van der Waals surface area contributed by atoms with Crippen LogP contribution in [0.25, 0.3) is 0 Å². The predicted octanol–water partition coefficient (Wildman–Crippen LogP) is 2.21. The molecule has 0 fully saturated rings. The fourth-order valence-corrected chi connectivity index (χ4v) is 2.49. The van der Waals surface area contributed by atoms with Gasteiger partial charge >= 0.3 is 6.09 Å². The molecule has 0 aliphatic heterocycles. The van der Waals surface area contributed by atoms with Crippen LogP contribution in [0.15, 0.2) is 30.3 Å². The molecule has 0 saturated heterocycles.